The minimum absolute atomic E-state index is 0.115. The number of rotatable bonds is 7. The van der Waals surface area contributed by atoms with Crippen molar-refractivity contribution in [2.75, 3.05) is 13.1 Å². The van der Waals surface area contributed by atoms with Crippen molar-refractivity contribution in [3.63, 3.8) is 0 Å². The van der Waals surface area contributed by atoms with Crippen molar-refractivity contribution < 1.29 is 17.7 Å². The van der Waals surface area contributed by atoms with Crippen LogP contribution in [0, 0.1) is 12.8 Å². The van der Waals surface area contributed by atoms with Crippen LogP contribution in [0.2, 0.25) is 0 Å². The van der Waals surface area contributed by atoms with E-state index in [0.717, 1.165) is 5.56 Å². The molecular formula is C22H26N4O4S2. The van der Waals surface area contributed by atoms with Gasteiger partial charge >= 0.3 is 0 Å². The van der Waals surface area contributed by atoms with E-state index in [1.165, 1.54) is 15.6 Å². The van der Waals surface area contributed by atoms with Gasteiger partial charge in [-0.1, -0.05) is 42.4 Å². The highest BCUT2D eigenvalue weighted by Crippen LogP contribution is 2.35. The fourth-order valence-corrected chi connectivity index (χ4v) is 6.78. The lowest BCUT2D eigenvalue weighted by Crippen LogP contribution is -2.45. The molecule has 4 rings (SSSR count). The Morgan fingerprint density at radius 2 is 2.09 bits per heavy atom. The van der Waals surface area contributed by atoms with E-state index in [1.54, 1.807) is 13.0 Å². The van der Waals surface area contributed by atoms with Crippen LogP contribution in [0.5, 0.6) is 0 Å². The number of carbonyl (C=O) groups is 1. The number of piperidine rings is 1. The fraction of sp³-hybridized carbons (Fsp3) is 0.409. The minimum Gasteiger partial charge on any atom is -0.352 e. The number of nitrogens with one attached hydrogen (secondary N) is 1. The van der Waals surface area contributed by atoms with Crippen LogP contribution in [-0.4, -0.2) is 41.9 Å². The quantitative estimate of drug-likeness (QED) is 0.563. The molecule has 1 saturated heterocycles. The lowest BCUT2D eigenvalue weighted by molar-refractivity contribution is -0.126. The molecule has 1 N–H and O–H groups in total. The molecule has 8 nitrogen and oxygen atoms in total. The number of thiophene rings is 1. The first-order valence-electron chi connectivity index (χ1n) is 10.6. The molecule has 1 aliphatic heterocycles. The predicted octanol–water partition coefficient (Wildman–Crippen LogP) is 3.39. The standard InChI is InChI=1S/C22H26N4O4S2/c1-3-20-24-21(25-30-20)18-12-19(15(2)31-18)32(28,29)26-11-7-10-17(14-26)22(27)23-13-16-8-5-4-6-9-16/h4-6,8-9,12,17H,3,7,10-11,13-14H2,1-2H3,(H,23,27)/t17-/m1/s1. The van der Waals surface area contributed by atoms with Crippen LogP contribution in [0.3, 0.4) is 0 Å². The topological polar surface area (TPSA) is 105 Å². The smallest absolute Gasteiger partial charge is 0.244 e. The molecule has 0 unspecified atom stereocenters. The molecule has 0 bridgehead atoms. The van der Waals surface area contributed by atoms with Crippen LogP contribution in [0.15, 0.2) is 45.8 Å². The average molecular weight is 475 g/mol. The Kier molecular flexibility index (Phi) is 6.73. The molecule has 32 heavy (non-hydrogen) atoms. The van der Waals surface area contributed by atoms with E-state index in [1.807, 2.05) is 37.3 Å². The lowest BCUT2D eigenvalue weighted by atomic mass is 9.99. The van der Waals surface area contributed by atoms with E-state index in [2.05, 4.69) is 15.5 Å². The van der Waals surface area contributed by atoms with Crippen molar-refractivity contribution >= 4 is 27.3 Å². The zero-order chi connectivity index (χ0) is 22.7. The van der Waals surface area contributed by atoms with Crippen molar-refractivity contribution in [2.24, 2.45) is 5.92 Å². The summed E-state index contributed by atoms with van der Waals surface area (Å²) in [6, 6.07) is 11.3. The van der Waals surface area contributed by atoms with Crippen LogP contribution < -0.4 is 5.32 Å². The Morgan fingerprint density at radius 3 is 2.81 bits per heavy atom. The van der Waals surface area contributed by atoms with Gasteiger partial charge in [-0.2, -0.15) is 9.29 Å². The molecule has 1 amide bonds. The third-order valence-electron chi connectivity index (χ3n) is 5.55. The second-order valence-corrected chi connectivity index (χ2v) is 11.0. The summed E-state index contributed by atoms with van der Waals surface area (Å²) >= 11 is 1.32. The SMILES string of the molecule is CCc1nc(-c2cc(S(=O)(=O)N3CCC[C@@H](C(=O)NCc4ccccc4)C3)c(C)s2)no1. The van der Waals surface area contributed by atoms with Crippen LogP contribution in [0.4, 0.5) is 0 Å². The Bertz CT molecular complexity index is 1190. The van der Waals surface area contributed by atoms with Gasteiger partial charge in [-0.05, 0) is 31.4 Å². The lowest BCUT2D eigenvalue weighted by Gasteiger charge is -2.31. The largest absolute Gasteiger partial charge is 0.352 e. The number of benzene rings is 1. The van der Waals surface area contributed by atoms with E-state index >= 15 is 0 Å². The van der Waals surface area contributed by atoms with E-state index in [0.29, 0.717) is 53.8 Å². The molecule has 2 aromatic heterocycles. The van der Waals surface area contributed by atoms with Gasteiger partial charge in [-0.25, -0.2) is 8.42 Å². The monoisotopic (exact) mass is 474 g/mol. The highest BCUT2D eigenvalue weighted by molar-refractivity contribution is 7.89. The number of amides is 1. The van der Waals surface area contributed by atoms with Crippen molar-refractivity contribution in [1.82, 2.24) is 19.8 Å². The van der Waals surface area contributed by atoms with Gasteiger partial charge in [0, 0.05) is 30.9 Å². The number of hydrogen-bond donors (Lipinski definition) is 1. The molecule has 0 saturated carbocycles. The first-order chi connectivity index (χ1) is 15.4. The third kappa shape index (κ3) is 4.77. The van der Waals surface area contributed by atoms with Crippen molar-refractivity contribution in [3.05, 3.63) is 52.7 Å². The van der Waals surface area contributed by atoms with Gasteiger partial charge < -0.3 is 9.84 Å². The van der Waals surface area contributed by atoms with Gasteiger partial charge in [0.2, 0.25) is 27.6 Å². The molecule has 1 aliphatic rings. The average Bonchev–Trinajstić information content (AvgIpc) is 3.45. The molecule has 1 atom stereocenters. The Morgan fingerprint density at radius 1 is 1.31 bits per heavy atom. The summed E-state index contributed by atoms with van der Waals surface area (Å²) in [5.41, 5.74) is 1.01. The zero-order valence-corrected chi connectivity index (χ0v) is 19.7. The van der Waals surface area contributed by atoms with Crippen LogP contribution in [-0.2, 0) is 27.8 Å². The van der Waals surface area contributed by atoms with Crippen molar-refractivity contribution in [3.8, 4) is 10.7 Å². The summed E-state index contributed by atoms with van der Waals surface area (Å²) in [5, 5.41) is 6.89. The number of hydrogen-bond acceptors (Lipinski definition) is 7. The van der Waals surface area contributed by atoms with Gasteiger partial charge in [0.25, 0.3) is 0 Å². The minimum atomic E-state index is -3.73. The second-order valence-electron chi connectivity index (χ2n) is 7.80. The second kappa shape index (κ2) is 9.51. The number of nitrogens with zero attached hydrogens (tertiary/aromatic N) is 3. The maximum atomic E-state index is 13.4. The van der Waals surface area contributed by atoms with Crippen molar-refractivity contribution in [1.29, 1.82) is 0 Å². The Hall–Kier alpha value is -2.56. The number of aryl methyl sites for hydroxylation is 2. The van der Waals surface area contributed by atoms with E-state index in [-0.39, 0.29) is 23.3 Å². The number of aromatic nitrogens is 2. The maximum Gasteiger partial charge on any atom is 0.244 e. The summed E-state index contributed by atoms with van der Waals surface area (Å²) < 4.78 is 33.4. The fourth-order valence-electron chi connectivity index (χ4n) is 3.77. The summed E-state index contributed by atoms with van der Waals surface area (Å²) in [6.07, 6.45) is 1.93. The zero-order valence-electron chi connectivity index (χ0n) is 18.1. The van der Waals surface area contributed by atoms with Gasteiger partial charge in [-0.3, -0.25) is 4.79 Å². The van der Waals surface area contributed by atoms with E-state index in [9.17, 15) is 13.2 Å². The summed E-state index contributed by atoms with van der Waals surface area (Å²) in [7, 11) is -3.73. The first kappa shape index (κ1) is 22.6. The molecular weight excluding hydrogens is 448 g/mol. The first-order valence-corrected chi connectivity index (χ1v) is 12.9. The Labute approximate surface area is 191 Å². The molecule has 0 spiro atoms. The Balaban J connectivity index is 1.47. The molecule has 170 valence electrons. The number of sulfonamides is 1. The van der Waals surface area contributed by atoms with Crippen LogP contribution in [0.25, 0.3) is 10.7 Å². The molecule has 0 radical (unpaired) electrons. The molecule has 10 heteroatoms. The van der Waals surface area contributed by atoms with Gasteiger partial charge in [0.1, 0.15) is 0 Å². The van der Waals surface area contributed by atoms with Crippen LogP contribution >= 0.6 is 11.3 Å². The van der Waals surface area contributed by atoms with E-state index < -0.39 is 10.0 Å². The summed E-state index contributed by atoms with van der Waals surface area (Å²) in [6.45, 7) is 4.69. The van der Waals surface area contributed by atoms with Gasteiger partial charge in [0.15, 0.2) is 0 Å². The van der Waals surface area contributed by atoms with Crippen molar-refractivity contribution in [2.45, 2.75) is 44.6 Å². The molecule has 0 aliphatic carbocycles. The van der Waals surface area contributed by atoms with Gasteiger partial charge in [0.05, 0.1) is 15.7 Å². The maximum absolute atomic E-state index is 13.4. The molecule has 1 fully saturated rings. The predicted molar refractivity (Wildman–Crippen MR) is 121 cm³/mol. The normalized spacial score (nSPS) is 17.4. The highest BCUT2D eigenvalue weighted by Gasteiger charge is 2.35. The van der Waals surface area contributed by atoms with E-state index in [4.69, 9.17) is 4.52 Å². The highest BCUT2D eigenvalue weighted by atomic mass is 32.2. The molecule has 3 aromatic rings. The summed E-state index contributed by atoms with van der Waals surface area (Å²) in [4.78, 5) is 18.6. The van der Waals surface area contributed by atoms with Crippen LogP contribution in [0.1, 0.15) is 36.1 Å². The molecule has 3 heterocycles. The molecule has 1 aromatic carbocycles. The number of carbonyl (C=O) groups excluding carboxylic acids is 1. The van der Waals surface area contributed by atoms with Gasteiger partial charge in [-0.15, -0.1) is 11.3 Å². The summed E-state index contributed by atoms with van der Waals surface area (Å²) in [5.74, 6) is 0.421. The third-order valence-corrected chi connectivity index (χ3v) is 8.71.